The van der Waals surface area contributed by atoms with E-state index in [0.29, 0.717) is 6.54 Å². The van der Waals surface area contributed by atoms with Crippen LogP contribution in [0.15, 0.2) is 60.7 Å². The van der Waals surface area contributed by atoms with Gasteiger partial charge in [-0.05, 0) is 17.7 Å². The van der Waals surface area contributed by atoms with E-state index in [9.17, 15) is 9.59 Å². The second-order valence-electron chi connectivity index (χ2n) is 4.73. The topological polar surface area (TPSA) is 49.4 Å². The van der Waals surface area contributed by atoms with Gasteiger partial charge in [-0.1, -0.05) is 48.5 Å². The van der Waals surface area contributed by atoms with Gasteiger partial charge >= 0.3 is 0 Å². The number of hydrogen-bond donors (Lipinski definition) is 1. The molecule has 0 atom stereocenters. The van der Waals surface area contributed by atoms with Gasteiger partial charge in [0.2, 0.25) is 11.8 Å². The van der Waals surface area contributed by atoms with Crippen molar-refractivity contribution in [2.75, 3.05) is 11.9 Å². The van der Waals surface area contributed by atoms with E-state index in [1.807, 2.05) is 60.7 Å². The van der Waals surface area contributed by atoms with Crippen molar-refractivity contribution in [2.45, 2.75) is 13.0 Å². The first-order chi connectivity index (χ1) is 10.2. The minimum atomic E-state index is -0.272. The number of nitrogens with zero attached hydrogens (tertiary/aromatic N) is 1. The summed E-state index contributed by atoms with van der Waals surface area (Å²) in [6.45, 7) is 0.433. The van der Waals surface area contributed by atoms with Crippen molar-refractivity contribution in [3.05, 3.63) is 66.2 Å². The number of carbonyl (C=O) groups is 2. The molecule has 0 radical (unpaired) electrons. The van der Waals surface area contributed by atoms with E-state index in [1.165, 1.54) is 4.90 Å². The molecule has 0 aliphatic rings. The van der Waals surface area contributed by atoms with E-state index >= 15 is 0 Å². The summed E-state index contributed by atoms with van der Waals surface area (Å²) in [6, 6.07) is 18.9. The molecule has 2 aromatic carbocycles. The number of hydrogen-bond acceptors (Lipinski definition) is 2. The molecule has 0 saturated carbocycles. The molecule has 0 aliphatic carbocycles. The van der Waals surface area contributed by atoms with Gasteiger partial charge in [-0.3, -0.25) is 9.59 Å². The first-order valence-corrected chi connectivity index (χ1v) is 6.79. The molecule has 0 heterocycles. The summed E-state index contributed by atoms with van der Waals surface area (Å²) in [5.41, 5.74) is 1.79. The monoisotopic (exact) mass is 282 g/mol. The maximum absolute atomic E-state index is 12.0. The Kier molecular flexibility index (Phi) is 5.10. The van der Waals surface area contributed by atoms with Crippen molar-refractivity contribution >= 4 is 17.5 Å². The minimum Gasteiger partial charge on any atom is -0.352 e. The lowest BCUT2D eigenvalue weighted by Crippen LogP contribution is -2.33. The zero-order valence-electron chi connectivity index (χ0n) is 12.0. The van der Waals surface area contributed by atoms with Crippen LogP contribution in [0.3, 0.4) is 0 Å². The van der Waals surface area contributed by atoms with Crippen molar-refractivity contribution in [3.8, 4) is 0 Å². The van der Waals surface area contributed by atoms with Gasteiger partial charge < -0.3 is 10.2 Å². The van der Waals surface area contributed by atoms with Crippen LogP contribution in [0.2, 0.25) is 0 Å². The Morgan fingerprint density at radius 2 is 1.52 bits per heavy atom. The number of carbonyl (C=O) groups excluding carboxylic acids is 2. The summed E-state index contributed by atoms with van der Waals surface area (Å²) >= 11 is 0. The van der Waals surface area contributed by atoms with Crippen molar-refractivity contribution < 1.29 is 9.59 Å². The van der Waals surface area contributed by atoms with E-state index in [0.717, 1.165) is 11.3 Å². The van der Waals surface area contributed by atoms with E-state index in [2.05, 4.69) is 5.32 Å². The van der Waals surface area contributed by atoms with Gasteiger partial charge in [0.15, 0.2) is 0 Å². The molecule has 0 aromatic heterocycles. The Bertz CT molecular complexity index is 597. The summed E-state index contributed by atoms with van der Waals surface area (Å²) < 4.78 is 0. The second-order valence-corrected chi connectivity index (χ2v) is 4.73. The number of benzene rings is 2. The molecule has 0 aliphatic heterocycles. The SMILES string of the molecule is CN(C(=O)CC(=O)NCc1ccccc1)c1ccccc1. The number of amides is 2. The van der Waals surface area contributed by atoms with Gasteiger partial charge in [-0.15, -0.1) is 0 Å². The summed E-state index contributed by atoms with van der Waals surface area (Å²) in [5.74, 6) is -0.501. The molecular formula is C17H18N2O2. The van der Waals surface area contributed by atoms with Crippen molar-refractivity contribution in [3.63, 3.8) is 0 Å². The molecule has 1 N–H and O–H groups in total. The first kappa shape index (κ1) is 14.8. The van der Waals surface area contributed by atoms with Gasteiger partial charge in [0, 0.05) is 19.3 Å². The molecule has 0 unspecified atom stereocenters. The zero-order valence-corrected chi connectivity index (χ0v) is 12.0. The third-order valence-electron chi connectivity index (χ3n) is 3.16. The minimum absolute atomic E-state index is 0.155. The lowest BCUT2D eigenvalue weighted by molar-refractivity contribution is -0.127. The fraction of sp³-hybridized carbons (Fsp3) is 0.176. The number of para-hydroxylation sites is 1. The van der Waals surface area contributed by atoms with Crippen LogP contribution in [0.4, 0.5) is 5.69 Å². The Balaban J connectivity index is 1.83. The van der Waals surface area contributed by atoms with Crippen LogP contribution in [0, 0.1) is 0 Å². The van der Waals surface area contributed by atoms with E-state index in [-0.39, 0.29) is 18.2 Å². The molecule has 108 valence electrons. The average molecular weight is 282 g/mol. The Morgan fingerprint density at radius 3 is 2.14 bits per heavy atom. The molecular weight excluding hydrogens is 264 g/mol. The van der Waals surface area contributed by atoms with Crippen molar-refractivity contribution in [2.24, 2.45) is 0 Å². The number of nitrogens with one attached hydrogen (secondary N) is 1. The molecule has 4 nitrogen and oxygen atoms in total. The summed E-state index contributed by atoms with van der Waals surface area (Å²) in [4.78, 5) is 25.3. The largest absolute Gasteiger partial charge is 0.352 e. The van der Waals surface area contributed by atoms with Gasteiger partial charge in [0.1, 0.15) is 6.42 Å². The van der Waals surface area contributed by atoms with Gasteiger partial charge in [0.05, 0.1) is 0 Å². The molecule has 2 aromatic rings. The molecule has 4 heteroatoms. The highest BCUT2D eigenvalue weighted by molar-refractivity contribution is 6.04. The van der Waals surface area contributed by atoms with Crippen LogP contribution in [0.25, 0.3) is 0 Å². The molecule has 0 spiro atoms. The molecule has 0 saturated heterocycles. The van der Waals surface area contributed by atoms with Gasteiger partial charge in [-0.2, -0.15) is 0 Å². The Morgan fingerprint density at radius 1 is 0.952 bits per heavy atom. The highest BCUT2D eigenvalue weighted by atomic mass is 16.2. The van der Waals surface area contributed by atoms with E-state index in [4.69, 9.17) is 0 Å². The van der Waals surface area contributed by atoms with Gasteiger partial charge in [0.25, 0.3) is 0 Å². The lowest BCUT2D eigenvalue weighted by atomic mass is 10.2. The van der Waals surface area contributed by atoms with E-state index < -0.39 is 0 Å². The third kappa shape index (κ3) is 4.45. The van der Waals surface area contributed by atoms with E-state index in [1.54, 1.807) is 7.05 Å². The zero-order chi connectivity index (χ0) is 15.1. The third-order valence-corrected chi connectivity index (χ3v) is 3.16. The Labute approximate surface area is 124 Å². The maximum Gasteiger partial charge on any atom is 0.236 e. The number of anilines is 1. The van der Waals surface area contributed by atoms with Crippen molar-refractivity contribution in [1.29, 1.82) is 0 Å². The summed E-state index contributed by atoms with van der Waals surface area (Å²) in [7, 11) is 1.67. The molecule has 2 amide bonds. The summed E-state index contributed by atoms with van der Waals surface area (Å²) in [5, 5.41) is 2.75. The van der Waals surface area contributed by atoms with Crippen LogP contribution in [-0.4, -0.2) is 18.9 Å². The lowest BCUT2D eigenvalue weighted by Gasteiger charge is -2.17. The molecule has 0 bridgehead atoms. The fourth-order valence-corrected chi connectivity index (χ4v) is 1.91. The fourth-order valence-electron chi connectivity index (χ4n) is 1.91. The number of rotatable bonds is 5. The predicted octanol–water partition coefficient (Wildman–Crippen LogP) is 2.36. The second kappa shape index (κ2) is 7.24. The van der Waals surface area contributed by atoms with Gasteiger partial charge in [-0.25, -0.2) is 0 Å². The Hall–Kier alpha value is -2.62. The predicted molar refractivity (Wildman–Crippen MR) is 82.8 cm³/mol. The van der Waals surface area contributed by atoms with Crippen LogP contribution in [0.1, 0.15) is 12.0 Å². The average Bonchev–Trinajstić information content (AvgIpc) is 2.54. The normalized spacial score (nSPS) is 9.95. The maximum atomic E-state index is 12.0. The quantitative estimate of drug-likeness (QED) is 0.856. The molecule has 0 fully saturated rings. The smallest absolute Gasteiger partial charge is 0.236 e. The summed E-state index contributed by atoms with van der Waals surface area (Å²) in [6.07, 6.45) is -0.155. The van der Waals surface area contributed by atoms with Crippen LogP contribution in [-0.2, 0) is 16.1 Å². The van der Waals surface area contributed by atoms with Crippen LogP contribution >= 0.6 is 0 Å². The van der Waals surface area contributed by atoms with Crippen LogP contribution < -0.4 is 10.2 Å². The first-order valence-electron chi connectivity index (χ1n) is 6.79. The molecule has 21 heavy (non-hydrogen) atoms. The molecule has 2 rings (SSSR count). The van der Waals surface area contributed by atoms with Crippen LogP contribution in [0.5, 0.6) is 0 Å². The standard InChI is InChI=1S/C17H18N2O2/c1-19(15-10-6-3-7-11-15)17(21)12-16(20)18-13-14-8-4-2-5-9-14/h2-11H,12-13H2,1H3,(H,18,20). The van der Waals surface area contributed by atoms with Crippen molar-refractivity contribution in [1.82, 2.24) is 5.32 Å². The highest BCUT2D eigenvalue weighted by Crippen LogP contribution is 2.11. The highest BCUT2D eigenvalue weighted by Gasteiger charge is 2.14.